The molecule has 0 radical (unpaired) electrons. The van der Waals surface area contributed by atoms with Crippen molar-refractivity contribution in [2.24, 2.45) is 0 Å². The molecule has 1 rings (SSSR count). The topological polar surface area (TPSA) is 92.7 Å². The maximum Gasteiger partial charge on any atom is 0.336 e. The smallest absolute Gasteiger partial charge is 0.336 e. The number of sulfonamides is 1. The van der Waals surface area contributed by atoms with Crippen LogP contribution in [0.5, 0.6) is 0 Å². The van der Waals surface area contributed by atoms with E-state index in [0.717, 1.165) is 6.07 Å². The summed E-state index contributed by atoms with van der Waals surface area (Å²) in [5, 5.41) is 9.04. The Labute approximate surface area is 138 Å². The lowest BCUT2D eigenvalue weighted by Gasteiger charge is -2.24. The van der Waals surface area contributed by atoms with E-state index >= 15 is 0 Å². The number of ether oxygens (including phenoxy) is 1. The lowest BCUT2D eigenvalue weighted by molar-refractivity contribution is -0.00515. The van der Waals surface area contributed by atoms with E-state index in [1.54, 1.807) is 13.8 Å². The van der Waals surface area contributed by atoms with Gasteiger partial charge in [0.25, 0.3) is 0 Å². The predicted molar refractivity (Wildman–Crippen MR) is 87.0 cm³/mol. The van der Waals surface area contributed by atoms with Gasteiger partial charge in [0.1, 0.15) is 0 Å². The van der Waals surface area contributed by atoms with E-state index in [1.165, 1.54) is 12.1 Å². The van der Waals surface area contributed by atoms with Crippen molar-refractivity contribution in [2.45, 2.75) is 31.3 Å². The minimum Gasteiger partial charge on any atom is -0.478 e. The van der Waals surface area contributed by atoms with E-state index in [2.05, 4.69) is 4.72 Å². The van der Waals surface area contributed by atoms with E-state index < -0.39 is 21.6 Å². The Kier molecular flexibility index (Phi) is 6.14. The molecule has 118 valence electrons. The molecule has 0 saturated carbocycles. The van der Waals surface area contributed by atoms with E-state index in [1.807, 2.05) is 29.5 Å². The molecule has 1 aromatic rings. The van der Waals surface area contributed by atoms with Gasteiger partial charge in [0, 0.05) is 16.7 Å². The number of benzene rings is 1. The van der Waals surface area contributed by atoms with E-state index in [0.29, 0.717) is 10.2 Å². The number of rotatable bonds is 7. The molecule has 21 heavy (non-hydrogen) atoms. The Morgan fingerprint density at radius 1 is 1.43 bits per heavy atom. The third-order valence-corrected chi connectivity index (χ3v) is 5.04. The van der Waals surface area contributed by atoms with Crippen molar-refractivity contribution in [3.63, 3.8) is 0 Å². The van der Waals surface area contributed by atoms with Crippen molar-refractivity contribution in [1.29, 1.82) is 0 Å². The number of carboxylic acid groups (broad SMARTS) is 1. The summed E-state index contributed by atoms with van der Waals surface area (Å²) in [7, 11) is -3.78. The molecule has 8 heteroatoms. The maximum absolute atomic E-state index is 12.2. The van der Waals surface area contributed by atoms with Gasteiger partial charge in [-0.25, -0.2) is 17.9 Å². The maximum atomic E-state index is 12.2. The molecule has 0 heterocycles. The normalized spacial score (nSPS) is 12.4. The average molecular weight is 427 g/mol. The first kappa shape index (κ1) is 18.3. The van der Waals surface area contributed by atoms with E-state index in [4.69, 9.17) is 9.84 Å². The summed E-state index contributed by atoms with van der Waals surface area (Å²) in [5.41, 5.74) is -0.678. The first-order valence-electron chi connectivity index (χ1n) is 6.25. The molecule has 0 aliphatic carbocycles. The van der Waals surface area contributed by atoms with Gasteiger partial charge in [0.05, 0.1) is 16.1 Å². The van der Waals surface area contributed by atoms with Crippen molar-refractivity contribution in [3.8, 4) is 0 Å². The third-order valence-electron chi connectivity index (χ3n) is 2.70. The summed E-state index contributed by atoms with van der Waals surface area (Å²) in [6, 6.07) is 4.00. The highest BCUT2D eigenvalue weighted by Gasteiger charge is 2.23. The van der Waals surface area contributed by atoms with Crippen LogP contribution in [0.3, 0.4) is 0 Å². The molecule has 0 saturated heterocycles. The number of carboxylic acids is 1. The lowest BCUT2D eigenvalue weighted by atomic mass is 10.1. The Balaban J connectivity index is 2.99. The summed E-state index contributed by atoms with van der Waals surface area (Å²) < 4.78 is 32.8. The number of hydrogen-bond acceptors (Lipinski definition) is 4. The molecule has 2 N–H and O–H groups in total. The van der Waals surface area contributed by atoms with Crippen LogP contribution in [0.1, 0.15) is 31.1 Å². The minimum absolute atomic E-state index is 0.0393. The zero-order valence-electron chi connectivity index (χ0n) is 12.0. The van der Waals surface area contributed by atoms with Crippen molar-refractivity contribution < 1.29 is 23.1 Å². The third kappa shape index (κ3) is 5.20. The van der Waals surface area contributed by atoms with Crippen LogP contribution in [0.4, 0.5) is 0 Å². The Morgan fingerprint density at radius 2 is 2.05 bits per heavy atom. The first-order chi connectivity index (χ1) is 9.59. The van der Waals surface area contributed by atoms with Crippen LogP contribution in [0.25, 0.3) is 0 Å². The zero-order chi connectivity index (χ0) is 16.3. The van der Waals surface area contributed by atoms with Crippen molar-refractivity contribution >= 4 is 38.6 Å². The summed E-state index contributed by atoms with van der Waals surface area (Å²) >= 11 is 1.85. The standard InChI is InChI=1S/C13H18INO5S/c1-4-20-13(2,3)8-15-21(18,19)9-5-6-11(14)10(7-9)12(16)17/h5-7,15H,4,8H2,1-3H3,(H,16,17). The quantitative estimate of drug-likeness (QED) is 0.651. The summed E-state index contributed by atoms with van der Waals surface area (Å²) in [6.45, 7) is 5.94. The molecule has 6 nitrogen and oxygen atoms in total. The van der Waals surface area contributed by atoms with E-state index in [9.17, 15) is 13.2 Å². The second-order valence-corrected chi connectivity index (χ2v) is 7.89. The largest absolute Gasteiger partial charge is 0.478 e. The summed E-state index contributed by atoms with van der Waals surface area (Å²) in [4.78, 5) is 11.0. The molecule has 0 bridgehead atoms. The fourth-order valence-corrected chi connectivity index (χ4v) is 3.42. The number of hydrogen-bond donors (Lipinski definition) is 2. The predicted octanol–water partition coefficient (Wildman–Crippen LogP) is 2.08. The molecule has 0 aliphatic heterocycles. The Bertz CT molecular complexity index is 627. The molecular formula is C13H18INO5S. The van der Waals surface area contributed by atoms with Crippen LogP contribution in [0.2, 0.25) is 0 Å². The van der Waals surface area contributed by atoms with Crippen LogP contribution in [-0.2, 0) is 14.8 Å². The molecule has 0 aromatic heterocycles. The van der Waals surface area contributed by atoms with Gasteiger partial charge in [0.2, 0.25) is 10.0 Å². The highest BCUT2D eigenvalue weighted by atomic mass is 127. The highest BCUT2D eigenvalue weighted by Crippen LogP contribution is 2.18. The molecule has 1 aromatic carbocycles. The van der Waals surface area contributed by atoms with E-state index in [-0.39, 0.29) is 17.0 Å². The minimum atomic E-state index is -3.78. The molecule has 0 amide bonds. The van der Waals surface area contributed by atoms with Gasteiger partial charge in [-0.15, -0.1) is 0 Å². The van der Waals surface area contributed by atoms with Crippen LogP contribution < -0.4 is 4.72 Å². The van der Waals surface area contributed by atoms with Crippen LogP contribution in [-0.4, -0.2) is 38.2 Å². The van der Waals surface area contributed by atoms with Crippen LogP contribution in [0, 0.1) is 3.57 Å². The number of halogens is 1. The second-order valence-electron chi connectivity index (χ2n) is 4.96. The fourth-order valence-electron chi connectivity index (χ4n) is 1.63. The molecular weight excluding hydrogens is 409 g/mol. The summed E-state index contributed by atoms with van der Waals surface area (Å²) in [5.74, 6) is -1.16. The molecule has 0 aliphatic rings. The fraction of sp³-hybridized carbons (Fsp3) is 0.462. The Morgan fingerprint density at radius 3 is 2.57 bits per heavy atom. The van der Waals surface area contributed by atoms with Gasteiger partial charge >= 0.3 is 5.97 Å². The molecule has 0 spiro atoms. The molecule has 0 fully saturated rings. The highest BCUT2D eigenvalue weighted by molar-refractivity contribution is 14.1. The van der Waals surface area contributed by atoms with Crippen LogP contribution in [0.15, 0.2) is 23.1 Å². The number of aromatic carboxylic acids is 1. The monoisotopic (exact) mass is 427 g/mol. The molecule has 0 atom stereocenters. The van der Waals surface area contributed by atoms with Gasteiger partial charge in [-0.2, -0.15) is 0 Å². The Hall–Kier alpha value is -0.710. The first-order valence-corrected chi connectivity index (χ1v) is 8.82. The van der Waals surface area contributed by atoms with Crippen molar-refractivity contribution in [1.82, 2.24) is 4.72 Å². The number of nitrogens with one attached hydrogen (secondary N) is 1. The second kappa shape index (κ2) is 7.03. The summed E-state index contributed by atoms with van der Waals surface area (Å²) in [6.07, 6.45) is 0. The van der Waals surface area contributed by atoms with Crippen molar-refractivity contribution in [3.05, 3.63) is 27.3 Å². The van der Waals surface area contributed by atoms with Gasteiger partial charge < -0.3 is 9.84 Å². The van der Waals surface area contributed by atoms with Gasteiger partial charge in [0.15, 0.2) is 0 Å². The number of carbonyl (C=O) groups is 1. The van der Waals surface area contributed by atoms with Crippen LogP contribution >= 0.6 is 22.6 Å². The van der Waals surface area contributed by atoms with Gasteiger partial charge in [-0.3, -0.25) is 0 Å². The van der Waals surface area contributed by atoms with Gasteiger partial charge in [-0.1, -0.05) is 0 Å². The average Bonchev–Trinajstić information content (AvgIpc) is 2.36. The van der Waals surface area contributed by atoms with Gasteiger partial charge in [-0.05, 0) is 61.6 Å². The SMILES string of the molecule is CCOC(C)(C)CNS(=O)(=O)c1ccc(I)c(C(=O)O)c1. The van der Waals surface area contributed by atoms with Crippen molar-refractivity contribution in [2.75, 3.05) is 13.2 Å². The zero-order valence-corrected chi connectivity index (χ0v) is 15.0. The molecule has 0 unspecified atom stereocenters. The lowest BCUT2D eigenvalue weighted by Crippen LogP contribution is -2.40.